The van der Waals surface area contributed by atoms with Crippen LogP contribution in [0, 0.1) is 0 Å². The first-order chi connectivity index (χ1) is 7.80. The van der Waals surface area contributed by atoms with Crippen molar-refractivity contribution in [1.82, 2.24) is 19.8 Å². The van der Waals surface area contributed by atoms with Crippen LogP contribution in [0.15, 0.2) is 0 Å². The average Bonchev–Trinajstić information content (AvgIpc) is 2.84. The van der Waals surface area contributed by atoms with E-state index in [1.54, 1.807) is 11.3 Å². The van der Waals surface area contributed by atoms with Gasteiger partial charge in [0.2, 0.25) is 4.96 Å². The lowest BCUT2D eigenvalue weighted by Crippen LogP contribution is -2.12. The predicted molar refractivity (Wildman–Crippen MR) is 64.7 cm³/mol. The molecule has 0 aliphatic carbocycles. The molecule has 2 aromatic rings. The van der Waals surface area contributed by atoms with Gasteiger partial charge >= 0.3 is 0 Å². The van der Waals surface area contributed by atoms with Gasteiger partial charge in [0.15, 0.2) is 5.82 Å². The van der Waals surface area contributed by atoms with Gasteiger partial charge in [0.1, 0.15) is 5.01 Å². The number of aryl methyl sites for hydroxylation is 1. The fraction of sp³-hybridized carbons (Fsp3) is 0.700. The van der Waals surface area contributed by atoms with Gasteiger partial charge in [-0.15, -0.1) is 10.2 Å². The van der Waals surface area contributed by atoms with E-state index in [1.165, 1.54) is 0 Å². The highest BCUT2D eigenvalue weighted by atomic mass is 32.1. The van der Waals surface area contributed by atoms with Crippen molar-refractivity contribution >= 4 is 16.3 Å². The summed E-state index contributed by atoms with van der Waals surface area (Å²) < 4.78 is 1.85. The number of aromatic nitrogens is 4. The molecule has 1 atom stereocenters. The average molecular weight is 239 g/mol. The van der Waals surface area contributed by atoms with Gasteiger partial charge in [-0.1, -0.05) is 31.6 Å². The summed E-state index contributed by atoms with van der Waals surface area (Å²) >= 11 is 1.60. The Morgan fingerprint density at radius 3 is 2.81 bits per heavy atom. The summed E-state index contributed by atoms with van der Waals surface area (Å²) in [5, 5.41) is 13.8. The van der Waals surface area contributed by atoms with Crippen LogP contribution in [-0.4, -0.2) is 26.4 Å². The van der Waals surface area contributed by atoms with Crippen molar-refractivity contribution in [3.63, 3.8) is 0 Å². The minimum atomic E-state index is 0.362. The van der Waals surface area contributed by atoms with Gasteiger partial charge in [-0.25, -0.2) is 0 Å². The Bertz CT molecular complexity index is 461. The van der Waals surface area contributed by atoms with E-state index in [-0.39, 0.29) is 0 Å². The molecule has 0 aromatic carbocycles. The van der Waals surface area contributed by atoms with Crippen LogP contribution in [0.2, 0.25) is 0 Å². The van der Waals surface area contributed by atoms with Crippen molar-refractivity contribution in [1.29, 1.82) is 0 Å². The number of nitrogens with two attached hydrogens (primary N) is 1. The molecule has 2 heterocycles. The summed E-state index contributed by atoms with van der Waals surface area (Å²) in [6.45, 7) is 4.88. The van der Waals surface area contributed by atoms with Gasteiger partial charge in [0.05, 0.1) is 0 Å². The van der Waals surface area contributed by atoms with Crippen LogP contribution in [0.1, 0.15) is 43.4 Å². The number of nitrogens with zero attached hydrogens (tertiary/aromatic N) is 4. The van der Waals surface area contributed by atoms with Gasteiger partial charge in [-0.3, -0.25) is 0 Å². The quantitative estimate of drug-likeness (QED) is 0.860. The molecule has 0 aliphatic rings. The Kier molecular flexibility index (Phi) is 3.50. The molecule has 2 aromatic heterocycles. The molecule has 2 rings (SSSR count). The summed E-state index contributed by atoms with van der Waals surface area (Å²) in [4.78, 5) is 0.876. The van der Waals surface area contributed by atoms with Crippen LogP contribution in [0.5, 0.6) is 0 Å². The number of hydrogen-bond donors (Lipinski definition) is 1. The maximum atomic E-state index is 5.77. The van der Waals surface area contributed by atoms with Gasteiger partial charge in [-0.05, 0) is 6.42 Å². The Labute approximate surface area is 98.7 Å². The number of hydrogen-bond acceptors (Lipinski definition) is 5. The van der Waals surface area contributed by atoms with E-state index in [4.69, 9.17) is 5.73 Å². The topological polar surface area (TPSA) is 69.1 Å². The largest absolute Gasteiger partial charge is 0.330 e. The first-order valence-electron chi connectivity index (χ1n) is 5.71. The Hall–Kier alpha value is -1.01. The minimum Gasteiger partial charge on any atom is -0.330 e. The molecule has 0 saturated heterocycles. The van der Waals surface area contributed by atoms with E-state index in [0.717, 1.165) is 35.1 Å². The van der Waals surface area contributed by atoms with E-state index in [9.17, 15) is 0 Å². The molecular weight excluding hydrogens is 222 g/mol. The fourth-order valence-corrected chi connectivity index (χ4v) is 2.75. The second-order valence-corrected chi connectivity index (χ2v) is 4.81. The van der Waals surface area contributed by atoms with Gasteiger partial charge in [-0.2, -0.15) is 9.61 Å². The third kappa shape index (κ3) is 1.94. The zero-order valence-electron chi connectivity index (χ0n) is 9.68. The first kappa shape index (κ1) is 11.5. The van der Waals surface area contributed by atoms with Crippen LogP contribution in [0.3, 0.4) is 0 Å². The smallest absolute Gasteiger partial charge is 0.234 e. The van der Waals surface area contributed by atoms with Crippen molar-refractivity contribution in [2.45, 2.75) is 39.0 Å². The highest BCUT2D eigenvalue weighted by molar-refractivity contribution is 7.16. The lowest BCUT2D eigenvalue weighted by Gasteiger charge is -2.08. The molecule has 2 N–H and O–H groups in total. The van der Waals surface area contributed by atoms with Crippen LogP contribution in [0.25, 0.3) is 4.96 Å². The zero-order chi connectivity index (χ0) is 11.5. The van der Waals surface area contributed by atoms with Crippen LogP contribution < -0.4 is 5.73 Å². The monoisotopic (exact) mass is 239 g/mol. The van der Waals surface area contributed by atoms with Crippen molar-refractivity contribution in [3.05, 3.63) is 10.8 Å². The highest BCUT2D eigenvalue weighted by Gasteiger charge is 2.16. The van der Waals surface area contributed by atoms with Crippen LogP contribution in [0.4, 0.5) is 0 Å². The summed E-state index contributed by atoms with van der Waals surface area (Å²) in [5.41, 5.74) is 5.77. The Morgan fingerprint density at radius 2 is 2.19 bits per heavy atom. The molecule has 0 amide bonds. The lowest BCUT2D eigenvalue weighted by molar-refractivity contribution is 0.607. The lowest BCUT2D eigenvalue weighted by atomic mass is 10.1. The van der Waals surface area contributed by atoms with E-state index in [2.05, 4.69) is 29.1 Å². The second-order valence-electron chi connectivity index (χ2n) is 3.83. The predicted octanol–water partition coefficient (Wildman–Crippen LogP) is 1.59. The van der Waals surface area contributed by atoms with Crippen molar-refractivity contribution in [3.8, 4) is 0 Å². The van der Waals surface area contributed by atoms with Crippen molar-refractivity contribution in [2.75, 3.05) is 6.54 Å². The molecule has 16 heavy (non-hydrogen) atoms. The van der Waals surface area contributed by atoms with E-state index >= 15 is 0 Å². The third-order valence-electron chi connectivity index (χ3n) is 2.66. The normalized spacial score (nSPS) is 13.4. The summed E-state index contributed by atoms with van der Waals surface area (Å²) in [7, 11) is 0. The molecular formula is C10H17N5S. The van der Waals surface area contributed by atoms with E-state index in [0.29, 0.717) is 12.5 Å². The van der Waals surface area contributed by atoms with Crippen molar-refractivity contribution in [2.24, 2.45) is 5.73 Å². The maximum absolute atomic E-state index is 5.77. The van der Waals surface area contributed by atoms with Gasteiger partial charge < -0.3 is 5.73 Å². The van der Waals surface area contributed by atoms with Crippen molar-refractivity contribution < 1.29 is 0 Å². The molecule has 1 unspecified atom stereocenters. The minimum absolute atomic E-state index is 0.362. The first-order valence-corrected chi connectivity index (χ1v) is 6.52. The molecule has 0 aliphatic heterocycles. The van der Waals surface area contributed by atoms with Crippen LogP contribution >= 0.6 is 11.3 Å². The molecule has 0 fully saturated rings. The zero-order valence-corrected chi connectivity index (χ0v) is 10.5. The molecule has 5 nitrogen and oxygen atoms in total. The highest BCUT2D eigenvalue weighted by Crippen LogP contribution is 2.25. The Morgan fingerprint density at radius 1 is 1.38 bits per heavy atom. The molecule has 6 heteroatoms. The second kappa shape index (κ2) is 4.88. The van der Waals surface area contributed by atoms with Gasteiger partial charge in [0.25, 0.3) is 0 Å². The summed E-state index contributed by atoms with van der Waals surface area (Å²) in [6.07, 6.45) is 3.07. The summed E-state index contributed by atoms with van der Waals surface area (Å²) in [6, 6.07) is 0. The SMILES string of the molecule is CCCC(CN)c1nn2c(CC)nnc2s1. The molecule has 0 radical (unpaired) electrons. The molecule has 0 bridgehead atoms. The van der Waals surface area contributed by atoms with E-state index < -0.39 is 0 Å². The summed E-state index contributed by atoms with van der Waals surface area (Å²) in [5.74, 6) is 1.28. The van der Waals surface area contributed by atoms with Crippen LogP contribution in [-0.2, 0) is 6.42 Å². The number of fused-ring (bicyclic) bond motifs is 1. The Balaban J connectivity index is 2.34. The molecule has 0 saturated carbocycles. The fourth-order valence-electron chi connectivity index (χ4n) is 1.75. The number of rotatable bonds is 5. The van der Waals surface area contributed by atoms with Gasteiger partial charge in [0, 0.05) is 18.9 Å². The third-order valence-corrected chi connectivity index (χ3v) is 3.72. The van der Waals surface area contributed by atoms with E-state index in [1.807, 2.05) is 4.52 Å². The molecule has 88 valence electrons. The maximum Gasteiger partial charge on any atom is 0.234 e. The standard InChI is InChI=1S/C10H17N5S/c1-3-5-7(6-11)9-14-15-8(4-2)12-13-10(15)16-9/h7H,3-6,11H2,1-2H3. The molecule has 0 spiro atoms.